The molecular weight excluding hydrogens is 214 g/mol. The minimum Gasteiger partial charge on any atom is -0.481 e. The quantitative estimate of drug-likeness (QED) is 0.858. The van der Waals surface area contributed by atoms with Crippen molar-refractivity contribution in [3.63, 3.8) is 0 Å². The highest BCUT2D eigenvalue weighted by molar-refractivity contribution is 5.84. The molecule has 1 heterocycles. The van der Waals surface area contributed by atoms with Crippen LogP contribution in [0.1, 0.15) is 24.3 Å². The first-order valence-corrected chi connectivity index (χ1v) is 5.84. The van der Waals surface area contributed by atoms with E-state index in [4.69, 9.17) is 5.11 Å². The Bertz CT molecular complexity index is 574. The average molecular weight is 227 g/mol. The molecule has 1 aromatic carbocycles. The lowest BCUT2D eigenvalue weighted by molar-refractivity contribution is -0.145. The lowest BCUT2D eigenvalue weighted by Gasteiger charge is -2.34. The zero-order valence-corrected chi connectivity index (χ0v) is 9.34. The van der Waals surface area contributed by atoms with Crippen LogP contribution in [0.15, 0.2) is 36.5 Å². The number of pyridine rings is 1. The first kappa shape index (κ1) is 10.3. The summed E-state index contributed by atoms with van der Waals surface area (Å²) in [4.78, 5) is 15.4. The van der Waals surface area contributed by atoms with Crippen molar-refractivity contribution < 1.29 is 9.90 Å². The van der Waals surface area contributed by atoms with Gasteiger partial charge < -0.3 is 5.11 Å². The van der Waals surface area contributed by atoms with Gasteiger partial charge in [-0.1, -0.05) is 18.2 Å². The molecule has 0 saturated heterocycles. The molecule has 1 saturated carbocycles. The Kier molecular flexibility index (Phi) is 2.32. The Labute approximate surface area is 99.1 Å². The molecule has 3 rings (SSSR count). The molecule has 86 valence electrons. The first-order valence-electron chi connectivity index (χ1n) is 5.84. The maximum atomic E-state index is 11.1. The Balaban J connectivity index is 2.09. The molecule has 17 heavy (non-hydrogen) atoms. The van der Waals surface area contributed by atoms with E-state index in [1.165, 1.54) is 0 Å². The van der Waals surface area contributed by atoms with Gasteiger partial charge >= 0.3 is 5.97 Å². The zero-order valence-electron chi connectivity index (χ0n) is 9.34. The third-order valence-corrected chi connectivity index (χ3v) is 3.67. The summed E-state index contributed by atoms with van der Waals surface area (Å²) in [5.41, 5.74) is 2.08. The van der Waals surface area contributed by atoms with Crippen LogP contribution in [0.3, 0.4) is 0 Å². The molecular formula is C14H13NO2. The molecule has 3 nitrogen and oxygen atoms in total. The second-order valence-corrected chi connectivity index (χ2v) is 4.55. The molecule has 0 amide bonds. The minimum absolute atomic E-state index is 0.153. The molecule has 2 aromatic rings. The van der Waals surface area contributed by atoms with Crippen LogP contribution >= 0.6 is 0 Å². The van der Waals surface area contributed by atoms with E-state index in [2.05, 4.69) is 4.98 Å². The van der Waals surface area contributed by atoms with Crippen LogP contribution in [0.2, 0.25) is 0 Å². The molecule has 1 aliphatic carbocycles. The second-order valence-electron chi connectivity index (χ2n) is 4.55. The SMILES string of the molecule is O=C(O)C1CCC1c1cccc2ncccc12. The molecule has 0 aliphatic heterocycles. The van der Waals surface area contributed by atoms with Gasteiger partial charge in [0.15, 0.2) is 0 Å². The van der Waals surface area contributed by atoms with Crippen molar-refractivity contribution in [1.82, 2.24) is 4.98 Å². The van der Waals surface area contributed by atoms with Crippen molar-refractivity contribution in [3.8, 4) is 0 Å². The molecule has 2 atom stereocenters. The number of hydrogen-bond acceptors (Lipinski definition) is 2. The lowest BCUT2D eigenvalue weighted by Crippen LogP contribution is -2.31. The van der Waals surface area contributed by atoms with E-state index in [-0.39, 0.29) is 11.8 Å². The minimum atomic E-state index is -0.679. The topological polar surface area (TPSA) is 50.2 Å². The van der Waals surface area contributed by atoms with Crippen molar-refractivity contribution >= 4 is 16.9 Å². The standard InChI is InChI=1S/C14H13NO2/c16-14(17)12-7-6-10(12)9-3-1-5-13-11(9)4-2-8-15-13/h1-5,8,10,12H,6-7H2,(H,16,17). The molecule has 0 bridgehead atoms. The van der Waals surface area contributed by atoms with E-state index < -0.39 is 5.97 Å². The lowest BCUT2D eigenvalue weighted by atomic mass is 9.69. The number of benzene rings is 1. The van der Waals surface area contributed by atoms with Gasteiger partial charge in [0.25, 0.3) is 0 Å². The number of rotatable bonds is 2. The Morgan fingerprint density at radius 1 is 1.24 bits per heavy atom. The zero-order chi connectivity index (χ0) is 11.8. The Morgan fingerprint density at radius 2 is 2.12 bits per heavy atom. The van der Waals surface area contributed by atoms with Gasteiger partial charge in [0.05, 0.1) is 11.4 Å². The molecule has 0 spiro atoms. The molecule has 3 heteroatoms. The number of aromatic nitrogens is 1. The van der Waals surface area contributed by atoms with Gasteiger partial charge in [-0.3, -0.25) is 9.78 Å². The van der Waals surface area contributed by atoms with Crippen LogP contribution < -0.4 is 0 Å². The summed E-state index contributed by atoms with van der Waals surface area (Å²) in [6.45, 7) is 0. The van der Waals surface area contributed by atoms with E-state index in [9.17, 15) is 4.79 Å². The van der Waals surface area contributed by atoms with Crippen molar-refractivity contribution in [2.24, 2.45) is 5.92 Å². The molecule has 1 fully saturated rings. The number of nitrogens with zero attached hydrogens (tertiary/aromatic N) is 1. The van der Waals surface area contributed by atoms with Crippen LogP contribution in [0, 0.1) is 5.92 Å². The Hall–Kier alpha value is -1.90. The van der Waals surface area contributed by atoms with Crippen LogP contribution in [-0.2, 0) is 4.79 Å². The van der Waals surface area contributed by atoms with E-state index in [1.54, 1.807) is 6.20 Å². The van der Waals surface area contributed by atoms with Gasteiger partial charge in [0, 0.05) is 11.6 Å². The predicted octanol–water partition coefficient (Wildman–Crippen LogP) is 2.81. The third-order valence-electron chi connectivity index (χ3n) is 3.67. The largest absolute Gasteiger partial charge is 0.481 e. The predicted molar refractivity (Wildman–Crippen MR) is 64.8 cm³/mol. The smallest absolute Gasteiger partial charge is 0.307 e. The van der Waals surface area contributed by atoms with Crippen molar-refractivity contribution in [2.45, 2.75) is 18.8 Å². The van der Waals surface area contributed by atoms with Crippen molar-refractivity contribution in [3.05, 3.63) is 42.1 Å². The highest BCUT2D eigenvalue weighted by Gasteiger charge is 2.38. The van der Waals surface area contributed by atoms with Gasteiger partial charge in [-0.2, -0.15) is 0 Å². The number of aliphatic carboxylic acids is 1. The van der Waals surface area contributed by atoms with Gasteiger partial charge in [0.1, 0.15) is 0 Å². The van der Waals surface area contributed by atoms with E-state index in [0.717, 1.165) is 29.3 Å². The van der Waals surface area contributed by atoms with Gasteiger partial charge in [-0.25, -0.2) is 0 Å². The maximum Gasteiger partial charge on any atom is 0.307 e. The Morgan fingerprint density at radius 3 is 2.82 bits per heavy atom. The molecule has 1 N–H and O–H groups in total. The fourth-order valence-corrected chi connectivity index (χ4v) is 2.62. The number of carbonyl (C=O) groups is 1. The number of carboxylic acids is 1. The number of fused-ring (bicyclic) bond motifs is 1. The van der Waals surface area contributed by atoms with E-state index >= 15 is 0 Å². The van der Waals surface area contributed by atoms with Gasteiger partial charge in [0.2, 0.25) is 0 Å². The highest BCUT2D eigenvalue weighted by atomic mass is 16.4. The third kappa shape index (κ3) is 1.58. The number of carboxylic acid groups (broad SMARTS) is 1. The molecule has 1 aromatic heterocycles. The van der Waals surface area contributed by atoms with Crippen LogP contribution in [-0.4, -0.2) is 16.1 Å². The first-order chi connectivity index (χ1) is 8.27. The highest BCUT2D eigenvalue weighted by Crippen LogP contribution is 2.44. The van der Waals surface area contributed by atoms with Gasteiger partial charge in [-0.15, -0.1) is 0 Å². The van der Waals surface area contributed by atoms with Crippen LogP contribution in [0.25, 0.3) is 10.9 Å². The van der Waals surface area contributed by atoms with Crippen LogP contribution in [0.5, 0.6) is 0 Å². The van der Waals surface area contributed by atoms with Crippen LogP contribution in [0.4, 0.5) is 0 Å². The second kappa shape index (κ2) is 3.84. The summed E-state index contributed by atoms with van der Waals surface area (Å²) in [6.07, 6.45) is 3.52. The summed E-state index contributed by atoms with van der Waals surface area (Å²) in [5.74, 6) is -0.747. The summed E-state index contributed by atoms with van der Waals surface area (Å²) in [6, 6.07) is 9.88. The fourth-order valence-electron chi connectivity index (χ4n) is 2.62. The molecule has 1 aliphatic rings. The molecule has 2 unspecified atom stereocenters. The van der Waals surface area contributed by atoms with E-state index in [1.807, 2.05) is 30.3 Å². The maximum absolute atomic E-state index is 11.1. The van der Waals surface area contributed by atoms with E-state index in [0.29, 0.717) is 0 Å². The number of hydrogen-bond donors (Lipinski definition) is 1. The monoisotopic (exact) mass is 227 g/mol. The van der Waals surface area contributed by atoms with Gasteiger partial charge in [-0.05, 0) is 36.5 Å². The van der Waals surface area contributed by atoms with Crippen molar-refractivity contribution in [2.75, 3.05) is 0 Å². The summed E-state index contributed by atoms with van der Waals surface area (Å²) in [5, 5.41) is 10.2. The summed E-state index contributed by atoms with van der Waals surface area (Å²) in [7, 11) is 0. The summed E-state index contributed by atoms with van der Waals surface area (Å²) >= 11 is 0. The fraction of sp³-hybridized carbons (Fsp3) is 0.286. The summed E-state index contributed by atoms with van der Waals surface area (Å²) < 4.78 is 0. The molecule has 0 radical (unpaired) electrons. The van der Waals surface area contributed by atoms with Crippen molar-refractivity contribution in [1.29, 1.82) is 0 Å². The average Bonchev–Trinajstić information content (AvgIpc) is 2.27. The normalized spacial score (nSPS) is 23.3.